The molecule has 0 aliphatic carbocycles. The Morgan fingerprint density at radius 1 is 1.23 bits per heavy atom. The third kappa shape index (κ3) is 3.64. The molecule has 1 saturated heterocycles. The fraction of sp³-hybridized carbons (Fsp3) is 0.476. The van der Waals surface area contributed by atoms with E-state index in [9.17, 15) is 4.79 Å². The maximum Gasteiger partial charge on any atom is 0.261 e. The average molecular weight is 371 g/mol. The zero-order chi connectivity index (χ0) is 17.9. The van der Waals surface area contributed by atoms with Gasteiger partial charge in [0.2, 0.25) is 0 Å². The molecule has 0 atom stereocenters. The van der Waals surface area contributed by atoms with Crippen LogP contribution in [0.25, 0.3) is 10.4 Å². The molecule has 1 N–H and O–H groups in total. The molecular formula is C21H26N2O2S. The number of hydrogen-bond donors (Lipinski definition) is 1. The second kappa shape index (κ2) is 7.80. The van der Waals surface area contributed by atoms with Gasteiger partial charge in [0.25, 0.3) is 5.91 Å². The van der Waals surface area contributed by atoms with Crippen LogP contribution >= 0.6 is 11.3 Å². The van der Waals surface area contributed by atoms with E-state index in [0.29, 0.717) is 13.2 Å². The quantitative estimate of drug-likeness (QED) is 0.876. The van der Waals surface area contributed by atoms with Crippen LogP contribution in [0, 0.1) is 6.92 Å². The molecule has 1 amide bonds. The molecule has 4 rings (SSSR count). The highest BCUT2D eigenvalue weighted by atomic mass is 32.1. The van der Waals surface area contributed by atoms with Crippen LogP contribution in [0.3, 0.4) is 0 Å². The van der Waals surface area contributed by atoms with Gasteiger partial charge in [-0.15, -0.1) is 11.3 Å². The highest BCUT2D eigenvalue weighted by Crippen LogP contribution is 2.44. The van der Waals surface area contributed by atoms with Gasteiger partial charge in [-0.05, 0) is 50.6 Å². The molecule has 5 heteroatoms. The number of hydrogen-bond acceptors (Lipinski definition) is 4. The minimum atomic E-state index is 0.0364. The Kier molecular flexibility index (Phi) is 5.27. The molecule has 2 aliphatic heterocycles. The van der Waals surface area contributed by atoms with Gasteiger partial charge in [0.1, 0.15) is 12.4 Å². The lowest BCUT2D eigenvalue weighted by Crippen LogP contribution is -2.35. The van der Waals surface area contributed by atoms with Crippen LogP contribution in [0.15, 0.2) is 24.3 Å². The van der Waals surface area contributed by atoms with E-state index in [1.807, 2.05) is 18.2 Å². The second-order valence-electron chi connectivity index (χ2n) is 7.21. The third-order valence-corrected chi connectivity index (χ3v) is 6.48. The Morgan fingerprint density at radius 3 is 2.85 bits per heavy atom. The van der Waals surface area contributed by atoms with Crippen molar-refractivity contribution < 1.29 is 9.53 Å². The molecule has 0 bridgehead atoms. The first-order valence-electron chi connectivity index (χ1n) is 9.58. The number of ether oxygens (including phenoxy) is 1. The number of nitrogens with one attached hydrogen (secondary N) is 1. The molecule has 0 unspecified atom stereocenters. The number of amides is 1. The average Bonchev–Trinajstić information content (AvgIpc) is 2.91. The molecule has 1 aromatic heterocycles. The molecule has 3 heterocycles. The first-order valence-corrected chi connectivity index (χ1v) is 10.4. The number of likely N-dealkylation sites (tertiary alicyclic amines) is 1. The maximum absolute atomic E-state index is 12.6. The minimum Gasteiger partial charge on any atom is -0.488 e. The smallest absolute Gasteiger partial charge is 0.261 e. The molecule has 2 aliphatic rings. The van der Waals surface area contributed by atoms with E-state index in [0.717, 1.165) is 41.4 Å². The van der Waals surface area contributed by atoms with Crippen molar-refractivity contribution in [2.75, 3.05) is 26.2 Å². The molecule has 2 aromatic rings. The van der Waals surface area contributed by atoms with Crippen LogP contribution in [-0.4, -0.2) is 37.0 Å². The van der Waals surface area contributed by atoms with Gasteiger partial charge in [-0.2, -0.15) is 0 Å². The number of benzene rings is 1. The molecule has 1 aromatic carbocycles. The summed E-state index contributed by atoms with van der Waals surface area (Å²) in [5.74, 6) is 0.960. The number of thiophene rings is 1. The van der Waals surface area contributed by atoms with E-state index in [1.165, 1.54) is 36.1 Å². The predicted octanol–water partition coefficient (Wildman–Crippen LogP) is 4.22. The summed E-state index contributed by atoms with van der Waals surface area (Å²) in [4.78, 5) is 17.0. The zero-order valence-corrected chi connectivity index (χ0v) is 16.2. The van der Waals surface area contributed by atoms with Gasteiger partial charge >= 0.3 is 0 Å². The third-order valence-electron chi connectivity index (χ3n) is 5.29. The summed E-state index contributed by atoms with van der Waals surface area (Å²) in [7, 11) is 0. The van der Waals surface area contributed by atoms with Crippen molar-refractivity contribution in [3.8, 4) is 16.2 Å². The lowest BCUT2D eigenvalue weighted by atomic mass is 10.0. The number of carbonyl (C=O) groups is 1. The lowest BCUT2D eigenvalue weighted by molar-refractivity contribution is 0.0952. The topological polar surface area (TPSA) is 41.6 Å². The Morgan fingerprint density at radius 2 is 2.04 bits per heavy atom. The molecule has 138 valence electrons. The fourth-order valence-electron chi connectivity index (χ4n) is 3.84. The van der Waals surface area contributed by atoms with Crippen LogP contribution in [0.4, 0.5) is 0 Å². The van der Waals surface area contributed by atoms with E-state index < -0.39 is 0 Å². The van der Waals surface area contributed by atoms with E-state index in [4.69, 9.17) is 4.74 Å². The van der Waals surface area contributed by atoms with Crippen molar-refractivity contribution in [1.82, 2.24) is 10.2 Å². The number of carbonyl (C=O) groups excluding carboxylic acids is 1. The standard InChI is InChI=1S/C21H26N2O2S/c1-15-7-6-8-17-19(15)20-16(14-25-17)13-18(26-20)21(24)22-9-12-23-10-4-2-3-5-11-23/h6-8,13H,2-5,9-12,14H2,1H3,(H,22,24). The Balaban J connectivity index is 1.41. The first-order chi connectivity index (χ1) is 12.7. The van der Waals surface area contributed by atoms with Gasteiger partial charge in [0.15, 0.2) is 0 Å². The SMILES string of the molecule is Cc1cccc2c1-c1sc(C(=O)NCCN3CCCCCC3)cc1CO2. The van der Waals surface area contributed by atoms with E-state index in [1.54, 1.807) is 11.3 Å². The van der Waals surface area contributed by atoms with Crippen LogP contribution in [-0.2, 0) is 6.61 Å². The fourth-order valence-corrected chi connectivity index (χ4v) is 5.04. The number of nitrogens with zero attached hydrogens (tertiary/aromatic N) is 1. The van der Waals surface area contributed by atoms with E-state index in [2.05, 4.69) is 23.2 Å². The zero-order valence-electron chi connectivity index (χ0n) is 15.3. The summed E-state index contributed by atoms with van der Waals surface area (Å²) in [5, 5.41) is 3.10. The summed E-state index contributed by atoms with van der Waals surface area (Å²) < 4.78 is 5.86. The van der Waals surface area contributed by atoms with Gasteiger partial charge in [-0.25, -0.2) is 0 Å². The van der Waals surface area contributed by atoms with E-state index in [-0.39, 0.29) is 5.91 Å². The van der Waals surface area contributed by atoms with Gasteiger partial charge in [-0.3, -0.25) is 4.79 Å². The van der Waals surface area contributed by atoms with Gasteiger partial charge < -0.3 is 15.0 Å². The second-order valence-corrected chi connectivity index (χ2v) is 8.27. The largest absolute Gasteiger partial charge is 0.488 e. The van der Waals surface area contributed by atoms with Crippen LogP contribution in [0.5, 0.6) is 5.75 Å². The Bertz CT molecular complexity index is 791. The number of fused-ring (bicyclic) bond motifs is 3. The van der Waals surface area contributed by atoms with Gasteiger partial charge in [0, 0.05) is 29.1 Å². The molecule has 0 spiro atoms. The van der Waals surface area contributed by atoms with Crippen LogP contribution < -0.4 is 10.1 Å². The monoisotopic (exact) mass is 370 g/mol. The van der Waals surface area contributed by atoms with Crippen molar-refractivity contribution in [3.05, 3.63) is 40.3 Å². The highest BCUT2D eigenvalue weighted by molar-refractivity contribution is 7.17. The number of aryl methyl sites for hydroxylation is 1. The molecule has 4 nitrogen and oxygen atoms in total. The molecule has 26 heavy (non-hydrogen) atoms. The summed E-state index contributed by atoms with van der Waals surface area (Å²) >= 11 is 1.58. The van der Waals surface area contributed by atoms with Crippen molar-refractivity contribution >= 4 is 17.2 Å². The first kappa shape index (κ1) is 17.6. The summed E-state index contributed by atoms with van der Waals surface area (Å²) in [5.41, 5.74) is 3.45. The Labute approximate surface area is 159 Å². The minimum absolute atomic E-state index is 0.0364. The normalized spacial score (nSPS) is 17.0. The lowest BCUT2D eigenvalue weighted by Gasteiger charge is -2.19. The predicted molar refractivity (Wildman–Crippen MR) is 106 cm³/mol. The van der Waals surface area contributed by atoms with Crippen molar-refractivity contribution in [2.45, 2.75) is 39.2 Å². The molecule has 1 fully saturated rings. The molecule has 0 radical (unpaired) electrons. The van der Waals surface area contributed by atoms with Gasteiger partial charge in [0.05, 0.1) is 4.88 Å². The van der Waals surface area contributed by atoms with Crippen molar-refractivity contribution in [1.29, 1.82) is 0 Å². The van der Waals surface area contributed by atoms with E-state index >= 15 is 0 Å². The Hall–Kier alpha value is -1.85. The van der Waals surface area contributed by atoms with Crippen molar-refractivity contribution in [2.24, 2.45) is 0 Å². The number of rotatable bonds is 4. The summed E-state index contributed by atoms with van der Waals surface area (Å²) in [6.07, 6.45) is 5.24. The van der Waals surface area contributed by atoms with Crippen LogP contribution in [0.2, 0.25) is 0 Å². The van der Waals surface area contributed by atoms with Crippen LogP contribution in [0.1, 0.15) is 46.5 Å². The van der Waals surface area contributed by atoms with Crippen molar-refractivity contribution in [3.63, 3.8) is 0 Å². The summed E-state index contributed by atoms with van der Waals surface area (Å²) in [6, 6.07) is 8.11. The summed E-state index contributed by atoms with van der Waals surface area (Å²) in [6.45, 7) is 6.63. The molecular weight excluding hydrogens is 344 g/mol. The molecule has 0 saturated carbocycles. The van der Waals surface area contributed by atoms with Gasteiger partial charge in [-0.1, -0.05) is 25.0 Å². The maximum atomic E-state index is 12.6. The highest BCUT2D eigenvalue weighted by Gasteiger charge is 2.24.